The molecule has 0 aliphatic carbocycles. The monoisotopic (exact) mass is 324 g/mol. The molecule has 1 fully saturated rings. The standard InChI is InChI=1S/C16H21ClN2O3/c1-10(2)15(19-8-4-5-14(19)20)16(21)18-13-7-6-11(22-3)9-12(13)17/h6-7,9-10,15H,4-5,8H2,1-3H3,(H,18,21). The van der Waals surface area contributed by atoms with Crippen molar-refractivity contribution >= 4 is 29.1 Å². The topological polar surface area (TPSA) is 58.6 Å². The van der Waals surface area contributed by atoms with Gasteiger partial charge in [-0.1, -0.05) is 25.4 Å². The van der Waals surface area contributed by atoms with Crippen LogP contribution in [0.4, 0.5) is 5.69 Å². The summed E-state index contributed by atoms with van der Waals surface area (Å²) in [7, 11) is 1.55. The molecular formula is C16H21ClN2O3. The molecule has 1 aliphatic heterocycles. The molecule has 2 rings (SSSR count). The maximum atomic E-state index is 12.6. The predicted molar refractivity (Wildman–Crippen MR) is 86.2 cm³/mol. The van der Waals surface area contributed by atoms with Crippen LogP contribution in [-0.2, 0) is 9.59 Å². The minimum absolute atomic E-state index is 0.0269. The van der Waals surface area contributed by atoms with Gasteiger partial charge in [-0.05, 0) is 24.5 Å². The van der Waals surface area contributed by atoms with Gasteiger partial charge >= 0.3 is 0 Å². The summed E-state index contributed by atoms with van der Waals surface area (Å²) in [6, 6.07) is 4.59. The molecule has 0 bridgehead atoms. The first-order valence-corrected chi connectivity index (χ1v) is 7.75. The highest BCUT2D eigenvalue weighted by molar-refractivity contribution is 6.33. The molecular weight excluding hydrogens is 304 g/mol. The van der Waals surface area contributed by atoms with Gasteiger partial charge in [0, 0.05) is 19.0 Å². The minimum Gasteiger partial charge on any atom is -0.497 e. The summed E-state index contributed by atoms with van der Waals surface area (Å²) < 4.78 is 5.09. The highest BCUT2D eigenvalue weighted by Crippen LogP contribution is 2.28. The van der Waals surface area contributed by atoms with Crippen molar-refractivity contribution in [2.24, 2.45) is 5.92 Å². The Kier molecular flexibility index (Phi) is 5.29. The summed E-state index contributed by atoms with van der Waals surface area (Å²) in [4.78, 5) is 26.2. The lowest BCUT2D eigenvalue weighted by Crippen LogP contribution is -2.48. The molecule has 0 saturated carbocycles. The molecule has 120 valence electrons. The van der Waals surface area contributed by atoms with E-state index in [0.717, 1.165) is 6.42 Å². The fourth-order valence-corrected chi connectivity index (χ4v) is 2.92. The van der Waals surface area contributed by atoms with E-state index in [9.17, 15) is 9.59 Å². The predicted octanol–water partition coefficient (Wildman–Crippen LogP) is 2.93. The number of halogens is 1. The zero-order valence-corrected chi connectivity index (χ0v) is 13.8. The van der Waals surface area contributed by atoms with Gasteiger partial charge in [0.05, 0.1) is 17.8 Å². The third-order valence-corrected chi connectivity index (χ3v) is 4.09. The number of rotatable bonds is 5. The summed E-state index contributed by atoms with van der Waals surface area (Å²) >= 11 is 6.15. The van der Waals surface area contributed by atoms with E-state index in [1.807, 2.05) is 13.8 Å². The second-order valence-corrected chi connectivity index (χ2v) is 6.12. The van der Waals surface area contributed by atoms with Gasteiger partial charge < -0.3 is 15.0 Å². The van der Waals surface area contributed by atoms with Crippen LogP contribution in [0.25, 0.3) is 0 Å². The molecule has 1 aromatic rings. The fourth-order valence-electron chi connectivity index (χ4n) is 2.70. The Hall–Kier alpha value is -1.75. The highest BCUT2D eigenvalue weighted by atomic mass is 35.5. The van der Waals surface area contributed by atoms with Crippen LogP contribution < -0.4 is 10.1 Å². The Bertz CT molecular complexity index is 575. The maximum Gasteiger partial charge on any atom is 0.247 e. The van der Waals surface area contributed by atoms with Gasteiger partial charge in [-0.15, -0.1) is 0 Å². The number of carbonyl (C=O) groups is 2. The zero-order valence-electron chi connectivity index (χ0n) is 13.1. The number of nitrogens with zero attached hydrogens (tertiary/aromatic N) is 1. The van der Waals surface area contributed by atoms with Crippen LogP contribution in [0.3, 0.4) is 0 Å². The molecule has 1 aliphatic rings. The second-order valence-electron chi connectivity index (χ2n) is 5.71. The van der Waals surface area contributed by atoms with Gasteiger partial charge in [0.1, 0.15) is 11.8 Å². The van der Waals surface area contributed by atoms with E-state index in [2.05, 4.69) is 5.32 Å². The first-order chi connectivity index (χ1) is 10.4. The van der Waals surface area contributed by atoms with Gasteiger partial charge in [-0.25, -0.2) is 0 Å². The number of amides is 2. The molecule has 1 N–H and O–H groups in total. The smallest absolute Gasteiger partial charge is 0.247 e. The third-order valence-electron chi connectivity index (χ3n) is 3.78. The van der Waals surface area contributed by atoms with Crippen LogP contribution in [0.5, 0.6) is 5.75 Å². The summed E-state index contributed by atoms with van der Waals surface area (Å²) in [5.41, 5.74) is 0.518. The van der Waals surface area contributed by atoms with Crippen LogP contribution in [0.1, 0.15) is 26.7 Å². The van der Waals surface area contributed by atoms with Crippen molar-refractivity contribution in [1.29, 1.82) is 0 Å². The molecule has 2 amide bonds. The van der Waals surface area contributed by atoms with Gasteiger partial charge in [0.15, 0.2) is 0 Å². The van der Waals surface area contributed by atoms with Gasteiger partial charge in [-0.3, -0.25) is 9.59 Å². The lowest BCUT2D eigenvalue weighted by Gasteiger charge is -2.30. The molecule has 1 atom stereocenters. The van der Waals surface area contributed by atoms with E-state index in [4.69, 9.17) is 16.3 Å². The normalized spacial score (nSPS) is 16.0. The lowest BCUT2D eigenvalue weighted by molar-refractivity contribution is -0.136. The average molecular weight is 325 g/mol. The maximum absolute atomic E-state index is 12.6. The van der Waals surface area contributed by atoms with Crippen LogP contribution in [0, 0.1) is 5.92 Å². The molecule has 1 saturated heterocycles. The van der Waals surface area contributed by atoms with Gasteiger partial charge in [0.2, 0.25) is 11.8 Å². The zero-order chi connectivity index (χ0) is 16.3. The molecule has 0 aromatic heterocycles. The Labute approximate surface area is 135 Å². The fraction of sp³-hybridized carbons (Fsp3) is 0.500. The number of nitrogens with one attached hydrogen (secondary N) is 1. The minimum atomic E-state index is -0.479. The van der Waals surface area contributed by atoms with Crippen LogP contribution >= 0.6 is 11.6 Å². The van der Waals surface area contributed by atoms with E-state index < -0.39 is 6.04 Å². The van der Waals surface area contributed by atoms with Crippen molar-refractivity contribution in [3.8, 4) is 5.75 Å². The SMILES string of the molecule is COc1ccc(NC(=O)C(C(C)C)N2CCCC2=O)c(Cl)c1. The van der Waals surface area contributed by atoms with Crippen molar-refractivity contribution in [1.82, 2.24) is 4.90 Å². The number of methoxy groups -OCH3 is 1. The van der Waals surface area contributed by atoms with Crippen molar-refractivity contribution in [2.45, 2.75) is 32.7 Å². The molecule has 0 radical (unpaired) electrons. The van der Waals surface area contributed by atoms with Gasteiger partial charge in [-0.2, -0.15) is 0 Å². The molecule has 1 heterocycles. The Balaban J connectivity index is 2.16. The Morgan fingerprint density at radius 1 is 1.41 bits per heavy atom. The molecule has 22 heavy (non-hydrogen) atoms. The largest absolute Gasteiger partial charge is 0.497 e. The summed E-state index contributed by atoms with van der Waals surface area (Å²) in [5, 5.41) is 3.23. The van der Waals surface area contributed by atoms with E-state index in [-0.39, 0.29) is 17.7 Å². The number of benzene rings is 1. The van der Waals surface area contributed by atoms with Crippen LogP contribution in [0.2, 0.25) is 5.02 Å². The van der Waals surface area contributed by atoms with Crippen molar-refractivity contribution in [3.05, 3.63) is 23.2 Å². The number of likely N-dealkylation sites (tertiary alicyclic amines) is 1. The molecule has 0 spiro atoms. The summed E-state index contributed by atoms with van der Waals surface area (Å²) in [5.74, 6) is 0.476. The molecule has 6 heteroatoms. The Morgan fingerprint density at radius 2 is 2.14 bits per heavy atom. The van der Waals surface area contributed by atoms with Crippen LogP contribution in [0.15, 0.2) is 18.2 Å². The summed E-state index contributed by atoms with van der Waals surface area (Å²) in [6.45, 7) is 4.50. The first kappa shape index (κ1) is 16.6. The van der Waals surface area contributed by atoms with Gasteiger partial charge in [0.25, 0.3) is 0 Å². The second kappa shape index (κ2) is 7.01. The highest BCUT2D eigenvalue weighted by Gasteiger charge is 2.35. The number of hydrogen-bond donors (Lipinski definition) is 1. The lowest BCUT2D eigenvalue weighted by atomic mass is 10.0. The van der Waals surface area contributed by atoms with E-state index in [0.29, 0.717) is 29.4 Å². The number of ether oxygens (including phenoxy) is 1. The van der Waals surface area contributed by atoms with E-state index in [1.165, 1.54) is 0 Å². The van der Waals surface area contributed by atoms with Crippen molar-refractivity contribution in [3.63, 3.8) is 0 Å². The summed E-state index contributed by atoms with van der Waals surface area (Å²) in [6.07, 6.45) is 1.32. The van der Waals surface area contributed by atoms with Crippen molar-refractivity contribution < 1.29 is 14.3 Å². The van der Waals surface area contributed by atoms with E-state index >= 15 is 0 Å². The average Bonchev–Trinajstić information content (AvgIpc) is 2.87. The quantitative estimate of drug-likeness (QED) is 0.906. The van der Waals surface area contributed by atoms with Crippen LogP contribution in [-0.4, -0.2) is 36.4 Å². The van der Waals surface area contributed by atoms with Crippen molar-refractivity contribution in [2.75, 3.05) is 19.0 Å². The third kappa shape index (κ3) is 3.53. The number of carbonyl (C=O) groups excluding carboxylic acids is 2. The molecule has 1 aromatic carbocycles. The molecule has 1 unspecified atom stereocenters. The number of anilines is 1. The number of hydrogen-bond acceptors (Lipinski definition) is 3. The Morgan fingerprint density at radius 3 is 2.64 bits per heavy atom. The first-order valence-electron chi connectivity index (χ1n) is 7.38. The van der Waals surface area contributed by atoms with E-state index in [1.54, 1.807) is 30.2 Å². The molecule has 5 nitrogen and oxygen atoms in total.